The van der Waals surface area contributed by atoms with Crippen molar-refractivity contribution in [3.8, 4) is 0 Å². The summed E-state index contributed by atoms with van der Waals surface area (Å²) in [4.78, 5) is 11.6. The molecule has 0 N–H and O–H groups in total. The normalized spacial score (nSPS) is 26.9. The third-order valence-electron chi connectivity index (χ3n) is 1.38. The Hall–Kier alpha value is -0.310. The number of carbonyl (C=O) groups excluding carboxylic acids is 1. The molecule has 0 bridgehead atoms. The topological polar surface area (TPSA) is 20.3 Å². The van der Waals surface area contributed by atoms with Crippen molar-refractivity contribution in [1.29, 1.82) is 0 Å². The van der Waals surface area contributed by atoms with Crippen LogP contribution in [-0.4, -0.2) is 29.5 Å². The van der Waals surface area contributed by atoms with Gasteiger partial charge in [-0.25, -0.2) is 4.39 Å². The number of carbonyl (C=O) groups is 1. The molecule has 0 saturated carbocycles. The Morgan fingerprint density at radius 2 is 2.44 bits per heavy atom. The molecule has 52 valence electrons. The Bertz CT molecular complexity index is 130. The maximum atomic E-state index is 12.3. The highest BCUT2D eigenvalue weighted by Gasteiger charge is 2.24. The van der Waals surface area contributed by atoms with E-state index < -0.39 is 11.5 Å². The van der Waals surface area contributed by atoms with E-state index in [0.717, 1.165) is 0 Å². The minimum absolute atomic E-state index is 0.169. The SMILES string of the molecule is O=C(Cl)N1CCC(F)C1. The van der Waals surface area contributed by atoms with Gasteiger partial charge in [-0.15, -0.1) is 0 Å². The minimum atomic E-state index is -0.868. The predicted octanol–water partition coefficient (Wildman–Crippen LogP) is 1.39. The van der Waals surface area contributed by atoms with Crippen molar-refractivity contribution in [3.63, 3.8) is 0 Å². The van der Waals surface area contributed by atoms with E-state index in [1.165, 1.54) is 4.90 Å². The van der Waals surface area contributed by atoms with Gasteiger partial charge in [0.05, 0.1) is 6.54 Å². The van der Waals surface area contributed by atoms with Crippen LogP contribution in [0.5, 0.6) is 0 Å². The van der Waals surface area contributed by atoms with Crippen LogP contribution < -0.4 is 0 Å². The molecule has 9 heavy (non-hydrogen) atoms. The molecule has 0 aromatic rings. The lowest BCUT2D eigenvalue weighted by Crippen LogP contribution is -2.23. The van der Waals surface area contributed by atoms with Crippen molar-refractivity contribution in [3.05, 3.63) is 0 Å². The van der Waals surface area contributed by atoms with E-state index in [0.29, 0.717) is 13.0 Å². The molecule has 0 aromatic heterocycles. The molecule has 1 saturated heterocycles. The first-order valence-corrected chi connectivity index (χ1v) is 3.16. The fraction of sp³-hybridized carbons (Fsp3) is 0.800. The molecule has 1 unspecified atom stereocenters. The van der Waals surface area contributed by atoms with E-state index in [4.69, 9.17) is 11.6 Å². The molecule has 0 aliphatic carbocycles. The fourth-order valence-corrected chi connectivity index (χ4v) is 1.03. The molecule has 1 aliphatic heterocycles. The van der Waals surface area contributed by atoms with E-state index >= 15 is 0 Å². The fourth-order valence-electron chi connectivity index (χ4n) is 0.877. The van der Waals surface area contributed by atoms with Gasteiger partial charge in [-0.3, -0.25) is 4.79 Å². The summed E-state index contributed by atoms with van der Waals surface area (Å²) < 4.78 is 12.3. The minimum Gasteiger partial charge on any atom is -0.326 e. The van der Waals surface area contributed by atoms with E-state index in [1.807, 2.05) is 0 Å². The first-order valence-electron chi connectivity index (χ1n) is 2.78. The van der Waals surface area contributed by atoms with Crippen LogP contribution in [0, 0.1) is 0 Å². The highest BCUT2D eigenvalue weighted by molar-refractivity contribution is 6.62. The van der Waals surface area contributed by atoms with E-state index in [2.05, 4.69) is 0 Å². The molecule has 0 radical (unpaired) electrons. The molecule has 1 fully saturated rings. The second-order valence-electron chi connectivity index (χ2n) is 2.08. The Kier molecular flexibility index (Phi) is 1.90. The Morgan fingerprint density at radius 3 is 2.67 bits per heavy atom. The zero-order valence-electron chi connectivity index (χ0n) is 4.81. The second-order valence-corrected chi connectivity index (χ2v) is 2.41. The number of hydrogen-bond donors (Lipinski definition) is 0. The van der Waals surface area contributed by atoms with Crippen molar-refractivity contribution in [2.75, 3.05) is 13.1 Å². The van der Waals surface area contributed by atoms with Crippen LogP contribution in [0.1, 0.15) is 6.42 Å². The molecule has 1 aliphatic rings. The number of likely N-dealkylation sites (tertiary alicyclic amines) is 1. The van der Waals surface area contributed by atoms with Crippen LogP contribution >= 0.6 is 11.6 Å². The van der Waals surface area contributed by atoms with Gasteiger partial charge in [0.2, 0.25) is 0 Å². The molecule has 2 nitrogen and oxygen atoms in total. The quantitative estimate of drug-likeness (QED) is 0.379. The number of halogens is 2. The van der Waals surface area contributed by atoms with Crippen molar-refractivity contribution in [2.45, 2.75) is 12.6 Å². The zero-order valence-corrected chi connectivity index (χ0v) is 5.57. The van der Waals surface area contributed by atoms with Gasteiger partial charge in [-0.05, 0) is 18.0 Å². The Labute approximate surface area is 57.6 Å². The third kappa shape index (κ3) is 1.55. The van der Waals surface area contributed by atoms with Crippen molar-refractivity contribution >= 4 is 17.0 Å². The molecule has 1 rings (SSSR count). The molecule has 1 heterocycles. The van der Waals surface area contributed by atoms with E-state index in [-0.39, 0.29) is 6.54 Å². The number of rotatable bonds is 0. The van der Waals surface area contributed by atoms with Gasteiger partial charge in [0.15, 0.2) is 0 Å². The van der Waals surface area contributed by atoms with Gasteiger partial charge in [-0.1, -0.05) is 0 Å². The summed E-state index contributed by atoms with van der Waals surface area (Å²) in [6.45, 7) is 0.631. The summed E-state index contributed by atoms with van der Waals surface area (Å²) in [6.07, 6.45) is -0.439. The number of alkyl halides is 1. The predicted molar refractivity (Wildman–Crippen MR) is 32.3 cm³/mol. The van der Waals surface area contributed by atoms with Gasteiger partial charge < -0.3 is 4.90 Å². The molecule has 0 spiro atoms. The van der Waals surface area contributed by atoms with E-state index in [9.17, 15) is 9.18 Å². The van der Waals surface area contributed by atoms with Crippen molar-refractivity contribution in [1.82, 2.24) is 4.90 Å². The smallest absolute Gasteiger partial charge is 0.316 e. The lowest BCUT2D eigenvalue weighted by Gasteiger charge is -2.08. The van der Waals surface area contributed by atoms with Crippen LogP contribution in [0.4, 0.5) is 9.18 Å². The van der Waals surface area contributed by atoms with Crippen LogP contribution in [0.15, 0.2) is 0 Å². The van der Waals surface area contributed by atoms with Crippen molar-refractivity contribution in [2.24, 2.45) is 0 Å². The highest BCUT2D eigenvalue weighted by Crippen LogP contribution is 2.13. The summed E-state index contributed by atoms with van der Waals surface area (Å²) in [6, 6.07) is 0. The molecular weight excluding hydrogens is 145 g/mol. The maximum absolute atomic E-state index is 12.3. The van der Waals surface area contributed by atoms with E-state index in [1.54, 1.807) is 0 Å². The van der Waals surface area contributed by atoms with Gasteiger partial charge in [0.25, 0.3) is 0 Å². The molecule has 1 atom stereocenters. The van der Waals surface area contributed by atoms with Gasteiger partial charge in [0, 0.05) is 6.54 Å². The Morgan fingerprint density at radius 1 is 1.78 bits per heavy atom. The third-order valence-corrected chi connectivity index (χ3v) is 1.62. The summed E-state index contributed by atoms with van der Waals surface area (Å²) in [5, 5.41) is -0.546. The van der Waals surface area contributed by atoms with Crippen LogP contribution in [0.2, 0.25) is 0 Å². The molecule has 4 heteroatoms. The van der Waals surface area contributed by atoms with Gasteiger partial charge >= 0.3 is 5.37 Å². The summed E-state index contributed by atoms with van der Waals surface area (Å²) in [5.74, 6) is 0. The average molecular weight is 152 g/mol. The highest BCUT2D eigenvalue weighted by atomic mass is 35.5. The van der Waals surface area contributed by atoms with Crippen LogP contribution in [0.3, 0.4) is 0 Å². The number of amides is 1. The molecule has 0 aromatic carbocycles. The van der Waals surface area contributed by atoms with Crippen molar-refractivity contribution < 1.29 is 9.18 Å². The average Bonchev–Trinajstić information content (AvgIpc) is 2.14. The van der Waals surface area contributed by atoms with Crippen LogP contribution in [0.25, 0.3) is 0 Å². The number of nitrogens with zero attached hydrogens (tertiary/aromatic N) is 1. The largest absolute Gasteiger partial charge is 0.326 e. The lowest BCUT2D eigenvalue weighted by atomic mass is 10.4. The number of hydrogen-bond acceptors (Lipinski definition) is 1. The molecular formula is C5H7ClFNO. The molecule has 1 amide bonds. The summed E-state index contributed by atoms with van der Waals surface area (Å²) >= 11 is 5.07. The lowest BCUT2D eigenvalue weighted by molar-refractivity contribution is 0.227. The van der Waals surface area contributed by atoms with Crippen LogP contribution in [-0.2, 0) is 0 Å². The monoisotopic (exact) mass is 151 g/mol. The maximum Gasteiger partial charge on any atom is 0.316 e. The van der Waals surface area contributed by atoms with Gasteiger partial charge in [0.1, 0.15) is 6.17 Å². The Balaban J connectivity index is 2.39. The standard InChI is InChI=1S/C5H7ClFNO/c6-5(9)8-2-1-4(7)3-8/h4H,1-3H2. The second kappa shape index (κ2) is 2.52. The first-order chi connectivity index (χ1) is 4.20. The summed E-state index contributed by atoms with van der Waals surface area (Å²) in [7, 11) is 0. The summed E-state index contributed by atoms with van der Waals surface area (Å²) in [5.41, 5.74) is 0. The first kappa shape index (κ1) is 6.81. The van der Waals surface area contributed by atoms with Gasteiger partial charge in [-0.2, -0.15) is 0 Å². The zero-order chi connectivity index (χ0) is 6.85.